The molecule has 0 amide bonds. The molecule has 0 unspecified atom stereocenters. The molecule has 0 bridgehead atoms. The molecule has 10 nitrogen and oxygen atoms in total. The zero-order chi connectivity index (χ0) is 30.9. The van der Waals surface area contributed by atoms with Crippen LogP contribution in [0.25, 0.3) is 11.1 Å². The fourth-order valence-corrected chi connectivity index (χ4v) is 3.26. The van der Waals surface area contributed by atoms with Crippen LogP contribution in [0.1, 0.15) is 31.2 Å². The summed E-state index contributed by atoms with van der Waals surface area (Å²) in [6.07, 6.45) is -1.07. The maximum Gasteiger partial charge on any atom is 0.316 e. The molecule has 170 valence electrons. The van der Waals surface area contributed by atoms with Crippen molar-refractivity contribution in [2.45, 2.75) is 20.3 Å². The summed E-state index contributed by atoms with van der Waals surface area (Å²) in [4.78, 5) is 14.9. The molecule has 32 heavy (non-hydrogen) atoms. The molecule has 0 atom stereocenters. The fraction of sp³-hybridized carbons (Fsp3) is 0.300. The molecule has 2 N–H and O–H groups in total. The van der Waals surface area contributed by atoms with Gasteiger partial charge < -0.3 is 9.47 Å². The second-order valence-corrected chi connectivity index (χ2v) is 8.22. The first-order chi connectivity index (χ1) is 19.0. The topological polar surface area (TPSA) is 128 Å². The van der Waals surface area contributed by atoms with Gasteiger partial charge in [-0.05, 0) is 36.6 Å². The first kappa shape index (κ1) is 14.3. The molecule has 1 aromatic carbocycles. The highest BCUT2D eigenvalue weighted by Gasteiger charge is 2.19. The van der Waals surface area contributed by atoms with Crippen LogP contribution in [0.2, 0.25) is 0 Å². The maximum atomic E-state index is 12.6. The molecule has 0 aliphatic carbocycles. The van der Waals surface area contributed by atoms with Crippen LogP contribution in [-0.2, 0) is 10.2 Å². The van der Waals surface area contributed by atoms with Gasteiger partial charge in [0.25, 0.3) is 10.2 Å². The van der Waals surface area contributed by atoms with Gasteiger partial charge in [-0.3, -0.25) is 4.72 Å². The molecule has 0 saturated heterocycles. The molecule has 3 aromatic rings. The number of ether oxygens (including phenoxy) is 2. The fourth-order valence-electron chi connectivity index (χ4n) is 2.11. The number of halogens is 1. The highest BCUT2D eigenvalue weighted by molar-refractivity contribution is 9.10. The third-order valence-corrected chi connectivity index (χ3v) is 4.89. The Labute approximate surface area is 207 Å². The van der Waals surface area contributed by atoms with Gasteiger partial charge in [0, 0.05) is 23.4 Å². The minimum absolute atomic E-state index is 0.0327. The third kappa shape index (κ3) is 6.84. The van der Waals surface area contributed by atoms with Gasteiger partial charge in [0.1, 0.15) is 20.8 Å². The van der Waals surface area contributed by atoms with E-state index in [4.69, 9.17) is 21.8 Å². The predicted molar refractivity (Wildman–Crippen MR) is 124 cm³/mol. The van der Waals surface area contributed by atoms with E-state index in [1.54, 1.807) is 6.92 Å². The number of nitrogens with zero attached hydrogens (tertiary/aromatic N) is 4. The largest absolute Gasteiger partial charge is 0.473 e. The van der Waals surface area contributed by atoms with Crippen molar-refractivity contribution in [3.05, 3.63) is 52.9 Å². The van der Waals surface area contributed by atoms with Gasteiger partial charge in [-0.2, -0.15) is 13.1 Å². The van der Waals surface area contributed by atoms with Crippen LogP contribution in [0.15, 0.2) is 47.3 Å². The lowest BCUT2D eigenvalue weighted by atomic mass is 10.1. The molecule has 2 aromatic heterocycles. The van der Waals surface area contributed by atoms with E-state index in [-0.39, 0.29) is 28.9 Å². The lowest BCUT2D eigenvalue weighted by Crippen LogP contribution is -2.31. The number of aromatic nitrogens is 4. The van der Waals surface area contributed by atoms with Crippen LogP contribution in [0.4, 0.5) is 5.82 Å². The van der Waals surface area contributed by atoms with Gasteiger partial charge >= 0.3 is 6.01 Å². The summed E-state index contributed by atoms with van der Waals surface area (Å²) in [6, 6.07) is -2.94. The number of nitrogens with one attached hydrogen (secondary N) is 2. The van der Waals surface area contributed by atoms with Crippen molar-refractivity contribution in [3.63, 3.8) is 0 Å². The van der Waals surface area contributed by atoms with Gasteiger partial charge in [0.05, 0.1) is 16.5 Å². The van der Waals surface area contributed by atoms with Crippen LogP contribution in [0, 0.1) is 6.92 Å². The normalized spacial score (nSPS) is 15.7. The zero-order valence-corrected chi connectivity index (χ0v) is 19.2. The summed E-state index contributed by atoms with van der Waals surface area (Å²) < 4.78 is 113. The van der Waals surface area contributed by atoms with Crippen LogP contribution in [0.5, 0.6) is 11.9 Å². The maximum absolute atomic E-state index is 12.6. The van der Waals surface area contributed by atoms with Crippen molar-refractivity contribution >= 4 is 32.0 Å². The molecule has 0 aliphatic heterocycles. The number of benzene rings is 1. The van der Waals surface area contributed by atoms with Gasteiger partial charge in [0.2, 0.25) is 5.88 Å². The Balaban J connectivity index is 2.14. The lowest BCUT2D eigenvalue weighted by Gasteiger charge is -2.15. The first-order valence-electron chi connectivity index (χ1n) is 13.5. The quantitative estimate of drug-likeness (QED) is 0.386. The smallest absolute Gasteiger partial charge is 0.316 e. The van der Waals surface area contributed by atoms with Crippen molar-refractivity contribution in [1.29, 1.82) is 0 Å². The van der Waals surface area contributed by atoms with Crippen LogP contribution >= 0.6 is 15.9 Å². The van der Waals surface area contributed by atoms with E-state index in [1.165, 1.54) is 6.92 Å². The predicted octanol–water partition coefficient (Wildman–Crippen LogP) is 3.12. The molecular weight excluding hydrogens is 500 g/mol. The van der Waals surface area contributed by atoms with E-state index in [2.05, 4.69) is 45.3 Å². The molecule has 0 saturated carbocycles. The van der Waals surface area contributed by atoms with Crippen molar-refractivity contribution in [1.82, 2.24) is 24.7 Å². The Morgan fingerprint density at radius 2 is 1.84 bits per heavy atom. The second-order valence-electron chi connectivity index (χ2n) is 5.93. The molecule has 0 fully saturated rings. The van der Waals surface area contributed by atoms with Gasteiger partial charge in [-0.1, -0.05) is 34.9 Å². The van der Waals surface area contributed by atoms with Crippen LogP contribution in [0.3, 0.4) is 0 Å². The van der Waals surface area contributed by atoms with Gasteiger partial charge in [-0.25, -0.2) is 19.9 Å². The molecule has 3 rings (SSSR count). The average Bonchev–Trinajstić information content (AvgIpc) is 2.87. The highest BCUT2D eigenvalue weighted by Crippen LogP contribution is 2.34. The second kappa shape index (κ2) is 11.2. The minimum Gasteiger partial charge on any atom is -0.473 e. The summed E-state index contributed by atoms with van der Waals surface area (Å²) in [5.74, 6) is -1.30. The molecule has 0 spiro atoms. The number of hydrogen-bond acceptors (Lipinski definition) is 8. The van der Waals surface area contributed by atoms with Crippen molar-refractivity contribution in [3.8, 4) is 23.0 Å². The SMILES string of the molecule is [2H]c1nc(NS(=O)(=O)NCCC)c(-c2c([2H])c([2H])c(Br)c([2H])c2[2H])c(OCC([2H])([2H])Oc2nc([2H])c(C)c([2H])n2)n1. The summed E-state index contributed by atoms with van der Waals surface area (Å²) in [6.45, 7) is -0.571. The number of rotatable bonds is 11. The Kier molecular flexibility index (Phi) is 5.00. The summed E-state index contributed by atoms with van der Waals surface area (Å²) in [5.41, 5.74) is -0.857. The van der Waals surface area contributed by atoms with E-state index in [0.29, 0.717) is 6.42 Å². The number of anilines is 1. The third-order valence-electron chi connectivity index (χ3n) is 3.45. The Morgan fingerprint density at radius 3 is 2.53 bits per heavy atom. The standard InChI is InChI=1S/C20H23BrN6O4S/c1-3-8-26-32(28,29)27-18-17(15-4-6-16(21)7-5-15)19(25-13-24-18)30-9-10-31-20-22-11-14(2)12-23-20/h4-7,11-13,26H,3,8-10H2,1-2H3,(H,24,25,27)/i4D,5D,6D,7D,10D2,11D,12D,13D. The molecule has 12 heteroatoms. The van der Waals surface area contributed by atoms with Crippen molar-refractivity contribution in [2.75, 3.05) is 24.4 Å². The summed E-state index contributed by atoms with van der Waals surface area (Å²) in [7, 11) is -4.32. The van der Waals surface area contributed by atoms with E-state index in [9.17, 15) is 8.42 Å². The van der Waals surface area contributed by atoms with Crippen LogP contribution in [-0.4, -0.2) is 48.1 Å². The van der Waals surface area contributed by atoms with E-state index >= 15 is 0 Å². The minimum atomic E-state index is -4.32. The van der Waals surface area contributed by atoms with Gasteiger partial charge in [0.15, 0.2) is 5.82 Å². The Hall–Kier alpha value is -2.83. The number of hydrogen-bond donors (Lipinski definition) is 2. The zero-order valence-electron chi connectivity index (χ0n) is 25.8. The van der Waals surface area contributed by atoms with Crippen molar-refractivity contribution in [2.24, 2.45) is 0 Å². The van der Waals surface area contributed by atoms with E-state index in [0.717, 1.165) is 0 Å². The van der Waals surface area contributed by atoms with E-state index in [1.807, 2.05) is 0 Å². The van der Waals surface area contributed by atoms with E-state index < -0.39 is 82.7 Å². The first-order valence-corrected chi connectivity index (χ1v) is 11.3. The Bertz CT molecular complexity index is 1550. The summed E-state index contributed by atoms with van der Waals surface area (Å²) in [5, 5.41) is 0. The molecular formula is C20H23BrN6O4S. The monoisotopic (exact) mass is 531 g/mol. The van der Waals surface area contributed by atoms with Crippen LogP contribution < -0.4 is 18.9 Å². The average molecular weight is 532 g/mol. The molecule has 0 radical (unpaired) electrons. The molecule has 2 heterocycles. The lowest BCUT2D eigenvalue weighted by molar-refractivity contribution is 0.202. The highest BCUT2D eigenvalue weighted by atomic mass is 79.9. The Morgan fingerprint density at radius 1 is 1.12 bits per heavy atom. The van der Waals surface area contributed by atoms with Gasteiger partial charge in [-0.15, -0.1) is 0 Å². The summed E-state index contributed by atoms with van der Waals surface area (Å²) >= 11 is 2.98. The van der Waals surface area contributed by atoms with Crippen molar-refractivity contribution < 1.29 is 30.2 Å². The molecule has 0 aliphatic rings.